The van der Waals surface area contributed by atoms with Crippen LogP contribution in [0.15, 0.2) is 180 Å². The van der Waals surface area contributed by atoms with Gasteiger partial charge in [-0.05, 0) is 118 Å². The molecule has 1 aliphatic rings. The lowest BCUT2D eigenvalue weighted by atomic mass is 9.81. The van der Waals surface area contributed by atoms with Crippen LogP contribution in [0.25, 0.3) is 72.3 Å². The van der Waals surface area contributed by atoms with Crippen molar-refractivity contribution in [2.75, 3.05) is 0 Å². The largest absolute Gasteiger partial charge is 0.294 e. The third-order valence-electron chi connectivity index (χ3n) is 11.5. The molecule has 0 amide bonds. The van der Waals surface area contributed by atoms with Crippen LogP contribution in [-0.4, -0.2) is 9.55 Å². The molecule has 264 valence electrons. The summed E-state index contributed by atoms with van der Waals surface area (Å²) in [5.74, 6) is 0.909. The van der Waals surface area contributed by atoms with Gasteiger partial charge in [0.05, 0.1) is 16.7 Å². The van der Waals surface area contributed by atoms with Crippen LogP contribution in [0, 0.1) is 13.8 Å². The summed E-state index contributed by atoms with van der Waals surface area (Å²) in [6.07, 6.45) is 0. The molecule has 0 radical (unpaired) electrons. The van der Waals surface area contributed by atoms with Crippen molar-refractivity contribution in [3.05, 3.63) is 192 Å². The monoisotopic (exact) mass is 724 g/mol. The van der Waals surface area contributed by atoms with E-state index in [2.05, 4.69) is 202 Å². The van der Waals surface area contributed by atoms with Crippen LogP contribution in [-0.2, 0) is 5.41 Å². The Balaban J connectivity index is 1.09. The van der Waals surface area contributed by atoms with Crippen LogP contribution in [0.4, 0.5) is 0 Å². The maximum atomic E-state index is 5.33. The summed E-state index contributed by atoms with van der Waals surface area (Å²) in [5, 5.41) is 2.44. The van der Waals surface area contributed by atoms with Crippen molar-refractivity contribution in [3.8, 4) is 50.5 Å². The van der Waals surface area contributed by atoms with Crippen molar-refractivity contribution in [1.29, 1.82) is 0 Å². The van der Waals surface area contributed by atoms with Crippen molar-refractivity contribution in [3.63, 3.8) is 0 Å². The third-order valence-corrected chi connectivity index (χ3v) is 12.8. The average Bonchev–Trinajstić information content (AvgIpc) is 3.66. The second-order valence-electron chi connectivity index (χ2n) is 15.3. The number of aromatic nitrogens is 2. The Bertz CT molecular complexity index is 2880. The molecule has 0 saturated carbocycles. The van der Waals surface area contributed by atoms with Crippen LogP contribution in [0.1, 0.15) is 36.1 Å². The second kappa shape index (κ2) is 13.0. The molecular formula is C52H40N2S. The molecule has 2 nitrogen and oxygen atoms in total. The molecule has 0 aliphatic heterocycles. The maximum absolute atomic E-state index is 5.33. The molecule has 0 fully saturated rings. The number of nitrogens with zero attached hydrogens (tertiary/aromatic N) is 2. The summed E-state index contributed by atoms with van der Waals surface area (Å²) in [4.78, 5) is 7.96. The Morgan fingerprint density at radius 2 is 1.11 bits per heavy atom. The van der Waals surface area contributed by atoms with Gasteiger partial charge in [-0.15, -0.1) is 0 Å². The van der Waals surface area contributed by atoms with Gasteiger partial charge in [0, 0.05) is 31.5 Å². The van der Waals surface area contributed by atoms with Crippen molar-refractivity contribution in [2.45, 2.75) is 42.9 Å². The number of benzene rings is 7. The standard InChI is InChI=1S/C52H40N2S/c1-33-15-11-14-22-49(33)55-50-32-42-40-25-23-38(29-45(40)52(3,4)44(42)27-34(50)2)37-24-26-48-43(28-37)41-20-12-13-21-47(41)54(48)51-31-39(35-16-7-5-8-17-35)30-46(53-51)36-18-9-6-10-19-36/h5-32H,1-4H3. The van der Waals surface area contributed by atoms with E-state index in [-0.39, 0.29) is 5.41 Å². The predicted octanol–water partition coefficient (Wildman–Crippen LogP) is 14.3. The highest BCUT2D eigenvalue weighted by molar-refractivity contribution is 7.99. The zero-order valence-electron chi connectivity index (χ0n) is 31.5. The minimum absolute atomic E-state index is 0.108. The van der Waals surface area contributed by atoms with Gasteiger partial charge in [-0.3, -0.25) is 4.57 Å². The molecule has 0 saturated heterocycles. The molecule has 0 unspecified atom stereocenters. The highest BCUT2D eigenvalue weighted by Crippen LogP contribution is 2.52. The SMILES string of the molecule is Cc1ccccc1Sc1cc2c(cc1C)C(C)(C)c1cc(-c3ccc4c(c3)c3ccccc3n4-c3cc(-c4ccccc4)cc(-c4ccccc4)n3)ccc1-2. The number of hydrogen-bond acceptors (Lipinski definition) is 2. The quantitative estimate of drug-likeness (QED) is 0.170. The molecule has 0 N–H and O–H groups in total. The summed E-state index contributed by atoms with van der Waals surface area (Å²) in [7, 11) is 0. The molecular weight excluding hydrogens is 685 g/mol. The summed E-state index contributed by atoms with van der Waals surface area (Å²) in [6.45, 7) is 9.22. The Labute approximate surface area is 327 Å². The fourth-order valence-corrected chi connectivity index (χ4v) is 9.54. The number of pyridine rings is 1. The molecule has 3 heteroatoms. The van der Waals surface area contributed by atoms with Gasteiger partial charge in [0.1, 0.15) is 5.82 Å². The Kier molecular flexibility index (Phi) is 7.90. The van der Waals surface area contributed by atoms with E-state index in [4.69, 9.17) is 4.98 Å². The molecule has 1 aliphatic carbocycles. The predicted molar refractivity (Wildman–Crippen MR) is 232 cm³/mol. The first-order chi connectivity index (χ1) is 26.8. The lowest BCUT2D eigenvalue weighted by Gasteiger charge is -2.23. The van der Waals surface area contributed by atoms with E-state index >= 15 is 0 Å². The Morgan fingerprint density at radius 3 is 1.91 bits per heavy atom. The lowest BCUT2D eigenvalue weighted by molar-refractivity contribution is 0.659. The smallest absolute Gasteiger partial charge is 0.138 e. The molecule has 0 bridgehead atoms. The molecule has 7 aromatic carbocycles. The van der Waals surface area contributed by atoms with Gasteiger partial charge in [-0.1, -0.05) is 147 Å². The number of para-hydroxylation sites is 1. The van der Waals surface area contributed by atoms with Gasteiger partial charge >= 0.3 is 0 Å². The van der Waals surface area contributed by atoms with E-state index in [9.17, 15) is 0 Å². The zero-order valence-corrected chi connectivity index (χ0v) is 32.3. The highest BCUT2D eigenvalue weighted by Gasteiger charge is 2.36. The van der Waals surface area contributed by atoms with E-state index in [0.29, 0.717) is 0 Å². The first-order valence-electron chi connectivity index (χ1n) is 19.0. The highest BCUT2D eigenvalue weighted by atomic mass is 32.2. The van der Waals surface area contributed by atoms with Crippen LogP contribution in [0.5, 0.6) is 0 Å². The summed E-state index contributed by atoms with van der Waals surface area (Å²) < 4.78 is 2.34. The van der Waals surface area contributed by atoms with Crippen LogP contribution in [0.2, 0.25) is 0 Å². The number of rotatable bonds is 6. The maximum Gasteiger partial charge on any atom is 0.138 e. The first kappa shape index (κ1) is 33.4. The molecule has 2 aromatic heterocycles. The summed E-state index contributed by atoms with van der Waals surface area (Å²) in [6, 6.07) is 61.9. The summed E-state index contributed by atoms with van der Waals surface area (Å²) in [5.41, 5.74) is 17.1. The van der Waals surface area contributed by atoms with Crippen molar-refractivity contribution in [1.82, 2.24) is 9.55 Å². The minimum Gasteiger partial charge on any atom is -0.294 e. The fourth-order valence-electron chi connectivity index (χ4n) is 8.53. The van der Waals surface area contributed by atoms with Gasteiger partial charge in [-0.2, -0.15) is 0 Å². The van der Waals surface area contributed by atoms with E-state index < -0.39 is 0 Å². The Morgan fingerprint density at radius 1 is 0.455 bits per heavy atom. The average molecular weight is 725 g/mol. The summed E-state index contributed by atoms with van der Waals surface area (Å²) >= 11 is 1.88. The number of hydrogen-bond donors (Lipinski definition) is 0. The van der Waals surface area contributed by atoms with E-state index in [1.54, 1.807) is 0 Å². The normalized spacial score (nSPS) is 12.9. The fraction of sp³-hybridized carbons (Fsp3) is 0.0962. The van der Waals surface area contributed by atoms with E-state index in [0.717, 1.165) is 33.7 Å². The van der Waals surface area contributed by atoms with E-state index in [1.807, 2.05) is 11.8 Å². The van der Waals surface area contributed by atoms with Crippen molar-refractivity contribution in [2.24, 2.45) is 0 Å². The minimum atomic E-state index is -0.108. The van der Waals surface area contributed by atoms with Crippen LogP contribution < -0.4 is 0 Å². The topological polar surface area (TPSA) is 17.8 Å². The van der Waals surface area contributed by atoms with Gasteiger partial charge in [-0.25, -0.2) is 4.98 Å². The van der Waals surface area contributed by atoms with E-state index in [1.165, 1.54) is 70.6 Å². The van der Waals surface area contributed by atoms with Gasteiger partial charge < -0.3 is 0 Å². The van der Waals surface area contributed by atoms with Gasteiger partial charge in [0.25, 0.3) is 0 Å². The molecule has 2 heterocycles. The van der Waals surface area contributed by atoms with Crippen LogP contribution in [0.3, 0.4) is 0 Å². The van der Waals surface area contributed by atoms with Gasteiger partial charge in [0.15, 0.2) is 0 Å². The second-order valence-corrected chi connectivity index (χ2v) is 16.4. The van der Waals surface area contributed by atoms with Crippen molar-refractivity contribution < 1.29 is 0 Å². The van der Waals surface area contributed by atoms with Gasteiger partial charge in [0.2, 0.25) is 0 Å². The number of fused-ring (bicyclic) bond motifs is 6. The zero-order chi connectivity index (χ0) is 37.3. The number of aryl methyl sites for hydroxylation is 2. The third kappa shape index (κ3) is 5.61. The van der Waals surface area contributed by atoms with Crippen molar-refractivity contribution >= 4 is 33.6 Å². The molecule has 9 aromatic rings. The molecule has 10 rings (SSSR count). The van der Waals surface area contributed by atoms with Crippen LogP contribution >= 0.6 is 11.8 Å². The molecule has 55 heavy (non-hydrogen) atoms. The first-order valence-corrected chi connectivity index (χ1v) is 19.9. The molecule has 0 atom stereocenters. The molecule has 0 spiro atoms. The Hall–Kier alpha value is -6.16. The lowest BCUT2D eigenvalue weighted by Crippen LogP contribution is -2.15.